The number of carbonyl (C=O) groups is 1. The van der Waals surface area contributed by atoms with Crippen LogP contribution in [0.2, 0.25) is 0 Å². The zero-order chi connectivity index (χ0) is 22.1. The van der Waals surface area contributed by atoms with E-state index >= 15 is 0 Å². The van der Waals surface area contributed by atoms with Crippen LogP contribution < -0.4 is 14.8 Å². The lowest BCUT2D eigenvalue weighted by Crippen LogP contribution is -2.34. The van der Waals surface area contributed by atoms with Gasteiger partial charge in [-0.3, -0.25) is 9.78 Å². The van der Waals surface area contributed by atoms with Crippen molar-refractivity contribution in [1.82, 2.24) is 10.3 Å². The van der Waals surface area contributed by atoms with Gasteiger partial charge in [-0.2, -0.15) is 0 Å². The van der Waals surface area contributed by atoms with E-state index in [1.807, 2.05) is 54.7 Å². The highest BCUT2D eigenvalue weighted by atomic mass is 16.5. The molecule has 1 aromatic heterocycles. The molecule has 0 aliphatic heterocycles. The number of nitrogens with one attached hydrogen (secondary N) is 1. The Bertz CT molecular complexity index is 972. The minimum Gasteiger partial charge on any atom is -0.493 e. The fourth-order valence-electron chi connectivity index (χ4n) is 3.58. The van der Waals surface area contributed by atoms with E-state index in [1.54, 1.807) is 20.4 Å². The Morgan fingerprint density at radius 1 is 1.00 bits per heavy atom. The van der Waals surface area contributed by atoms with Crippen LogP contribution in [0.15, 0.2) is 67.0 Å². The quantitative estimate of drug-likeness (QED) is 0.485. The van der Waals surface area contributed by atoms with E-state index in [4.69, 9.17) is 9.47 Å². The molecule has 162 valence electrons. The van der Waals surface area contributed by atoms with Gasteiger partial charge in [-0.15, -0.1) is 0 Å². The molecule has 0 saturated heterocycles. The molecule has 31 heavy (non-hydrogen) atoms. The van der Waals surface area contributed by atoms with E-state index in [0.717, 1.165) is 36.8 Å². The first-order valence-electron chi connectivity index (χ1n) is 10.7. The third kappa shape index (κ3) is 6.07. The fourth-order valence-corrected chi connectivity index (χ4v) is 3.58. The molecule has 0 aliphatic carbocycles. The molecule has 1 unspecified atom stereocenters. The minimum atomic E-state index is -0.0351. The van der Waals surface area contributed by atoms with E-state index in [2.05, 4.69) is 23.3 Å². The molecular weight excluding hydrogens is 388 g/mol. The van der Waals surface area contributed by atoms with Gasteiger partial charge >= 0.3 is 0 Å². The van der Waals surface area contributed by atoms with Crippen LogP contribution in [-0.4, -0.2) is 31.2 Å². The van der Waals surface area contributed by atoms with Crippen molar-refractivity contribution in [1.29, 1.82) is 0 Å². The highest BCUT2D eigenvalue weighted by molar-refractivity contribution is 5.94. The average molecular weight is 419 g/mol. The highest BCUT2D eigenvalue weighted by Gasteiger charge is 2.13. The predicted molar refractivity (Wildman–Crippen MR) is 124 cm³/mol. The molecule has 1 amide bonds. The Morgan fingerprint density at radius 2 is 1.74 bits per heavy atom. The Kier molecular flexibility index (Phi) is 8.05. The van der Waals surface area contributed by atoms with Gasteiger partial charge < -0.3 is 14.8 Å². The number of pyridine rings is 1. The van der Waals surface area contributed by atoms with Crippen molar-refractivity contribution in [2.24, 2.45) is 0 Å². The molecule has 3 rings (SSSR count). The normalized spacial score (nSPS) is 11.6. The molecular formula is C26H30N2O3. The van der Waals surface area contributed by atoms with Crippen LogP contribution in [-0.2, 0) is 6.42 Å². The summed E-state index contributed by atoms with van der Waals surface area (Å²) in [5.41, 5.74) is 3.91. The molecule has 0 saturated carbocycles. The van der Waals surface area contributed by atoms with Crippen molar-refractivity contribution in [3.05, 3.63) is 78.1 Å². The van der Waals surface area contributed by atoms with Crippen LogP contribution in [0.4, 0.5) is 0 Å². The van der Waals surface area contributed by atoms with Gasteiger partial charge in [-0.05, 0) is 72.7 Å². The number of rotatable bonds is 10. The average Bonchev–Trinajstić information content (AvgIpc) is 2.83. The Morgan fingerprint density at radius 3 is 2.39 bits per heavy atom. The largest absolute Gasteiger partial charge is 0.493 e. The standard InChI is InChI=1S/C26H30N2O3/c1-4-23(9-5-7-19-8-6-16-27-18-19)28-26(29)21-12-10-20(11-13-21)22-14-15-24(30-2)25(17-22)31-3/h6,8,10-18,23H,4-5,7,9H2,1-3H3,(H,28,29). The number of amides is 1. The molecule has 5 nitrogen and oxygen atoms in total. The molecule has 2 aromatic carbocycles. The second kappa shape index (κ2) is 11.2. The summed E-state index contributed by atoms with van der Waals surface area (Å²) < 4.78 is 10.7. The Balaban J connectivity index is 1.59. The van der Waals surface area contributed by atoms with E-state index < -0.39 is 0 Å². The number of aryl methyl sites for hydroxylation is 1. The highest BCUT2D eigenvalue weighted by Crippen LogP contribution is 2.32. The van der Waals surface area contributed by atoms with Crippen molar-refractivity contribution in [3.63, 3.8) is 0 Å². The van der Waals surface area contributed by atoms with Crippen molar-refractivity contribution in [2.45, 2.75) is 38.6 Å². The van der Waals surface area contributed by atoms with Gasteiger partial charge in [0.05, 0.1) is 14.2 Å². The lowest BCUT2D eigenvalue weighted by Gasteiger charge is -2.17. The number of carbonyl (C=O) groups excluding carboxylic acids is 1. The summed E-state index contributed by atoms with van der Waals surface area (Å²) in [5.74, 6) is 1.34. The fraction of sp³-hybridized carbons (Fsp3) is 0.308. The van der Waals surface area contributed by atoms with Gasteiger partial charge in [-0.25, -0.2) is 0 Å². The second-order valence-corrected chi connectivity index (χ2v) is 7.48. The summed E-state index contributed by atoms with van der Waals surface area (Å²) >= 11 is 0. The molecule has 0 radical (unpaired) electrons. The number of benzene rings is 2. The van der Waals surface area contributed by atoms with Gasteiger partial charge in [-0.1, -0.05) is 31.2 Å². The molecule has 0 bridgehead atoms. The summed E-state index contributed by atoms with van der Waals surface area (Å²) in [5, 5.41) is 3.17. The van der Waals surface area contributed by atoms with Crippen LogP contribution >= 0.6 is 0 Å². The topological polar surface area (TPSA) is 60.5 Å². The van der Waals surface area contributed by atoms with Gasteiger partial charge in [0.15, 0.2) is 11.5 Å². The first-order chi connectivity index (χ1) is 15.1. The zero-order valence-corrected chi connectivity index (χ0v) is 18.4. The van der Waals surface area contributed by atoms with Gasteiger partial charge in [0.1, 0.15) is 0 Å². The van der Waals surface area contributed by atoms with Crippen molar-refractivity contribution >= 4 is 5.91 Å². The van der Waals surface area contributed by atoms with Crippen molar-refractivity contribution < 1.29 is 14.3 Å². The summed E-state index contributed by atoms with van der Waals surface area (Å²) in [6, 6.07) is 17.6. The zero-order valence-electron chi connectivity index (χ0n) is 18.4. The summed E-state index contributed by atoms with van der Waals surface area (Å²) in [4.78, 5) is 16.9. The van der Waals surface area contributed by atoms with Crippen LogP contribution in [0.5, 0.6) is 11.5 Å². The molecule has 1 heterocycles. The van der Waals surface area contributed by atoms with E-state index in [-0.39, 0.29) is 11.9 Å². The number of hydrogen-bond donors (Lipinski definition) is 1. The van der Waals surface area contributed by atoms with Gasteiger partial charge in [0.25, 0.3) is 5.91 Å². The lowest BCUT2D eigenvalue weighted by atomic mass is 10.0. The van der Waals surface area contributed by atoms with Crippen LogP contribution in [0, 0.1) is 0 Å². The minimum absolute atomic E-state index is 0.0351. The number of nitrogens with zero attached hydrogens (tertiary/aromatic N) is 1. The van der Waals surface area contributed by atoms with E-state index in [1.165, 1.54) is 5.56 Å². The maximum Gasteiger partial charge on any atom is 0.251 e. The molecule has 0 fully saturated rings. The third-order valence-corrected chi connectivity index (χ3v) is 5.43. The third-order valence-electron chi connectivity index (χ3n) is 5.43. The molecule has 3 aromatic rings. The maximum absolute atomic E-state index is 12.7. The van der Waals surface area contributed by atoms with Crippen molar-refractivity contribution in [2.75, 3.05) is 14.2 Å². The van der Waals surface area contributed by atoms with Crippen molar-refractivity contribution in [3.8, 4) is 22.6 Å². The Labute approximate surface area is 184 Å². The van der Waals surface area contributed by atoms with Crippen LogP contribution in [0.1, 0.15) is 42.1 Å². The summed E-state index contributed by atoms with van der Waals surface area (Å²) in [6.07, 6.45) is 7.53. The number of ether oxygens (including phenoxy) is 2. The molecule has 1 atom stereocenters. The maximum atomic E-state index is 12.7. The first kappa shape index (κ1) is 22.3. The predicted octanol–water partition coefficient (Wildman–Crippen LogP) is 5.30. The molecule has 0 spiro atoms. The summed E-state index contributed by atoms with van der Waals surface area (Å²) in [6.45, 7) is 2.11. The Hall–Kier alpha value is -3.34. The van der Waals surface area contributed by atoms with Gasteiger partial charge in [0, 0.05) is 24.0 Å². The molecule has 0 aliphatic rings. The van der Waals surface area contributed by atoms with Crippen LogP contribution in [0.25, 0.3) is 11.1 Å². The number of hydrogen-bond acceptors (Lipinski definition) is 4. The van der Waals surface area contributed by atoms with E-state index in [0.29, 0.717) is 17.1 Å². The van der Waals surface area contributed by atoms with Gasteiger partial charge in [0.2, 0.25) is 0 Å². The molecule has 5 heteroatoms. The van der Waals surface area contributed by atoms with E-state index in [9.17, 15) is 4.79 Å². The smallest absolute Gasteiger partial charge is 0.251 e. The molecule has 1 N–H and O–H groups in total. The first-order valence-corrected chi connectivity index (χ1v) is 10.7. The number of aromatic nitrogens is 1. The SMILES string of the molecule is CCC(CCCc1cccnc1)NC(=O)c1ccc(-c2ccc(OC)c(OC)c2)cc1. The van der Waals surface area contributed by atoms with Crippen LogP contribution in [0.3, 0.4) is 0 Å². The monoisotopic (exact) mass is 418 g/mol. The lowest BCUT2D eigenvalue weighted by molar-refractivity contribution is 0.0933. The second-order valence-electron chi connectivity index (χ2n) is 7.48. The summed E-state index contributed by atoms with van der Waals surface area (Å²) in [7, 11) is 3.24. The number of methoxy groups -OCH3 is 2.